The minimum absolute atomic E-state index is 0.196. The molecule has 3 heteroatoms. The second kappa shape index (κ2) is 5.85. The summed E-state index contributed by atoms with van der Waals surface area (Å²) >= 11 is 0. The fraction of sp³-hybridized carbons (Fsp3) is 0.231. The van der Waals surface area contributed by atoms with Crippen molar-refractivity contribution in [3.8, 4) is 0 Å². The van der Waals surface area contributed by atoms with Gasteiger partial charge in [-0.2, -0.15) is 0 Å². The third-order valence-electron chi connectivity index (χ3n) is 2.02. The van der Waals surface area contributed by atoms with Gasteiger partial charge in [0.05, 0.1) is 0 Å². The first-order valence-corrected chi connectivity index (χ1v) is 5.07. The number of carbonyl (C=O) groups is 2. The number of benzene rings is 1. The minimum Gasteiger partial charge on any atom is -0.451 e. The summed E-state index contributed by atoms with van der Waals surface area (Å²) in [6.07, 6.45) is 2.10. The highest BCUT2D eigenvalue weighted by Gasteiger charge is 2.17. The average Bonchev–Trinajstić information content (AvgIpc) is 2.29. The van der Waals surface area contributed by atoms with Gasteiger partial charge >= 0.3 is 5.97 Å². The Kier molecular flexibility index (Phi) is 4.45. The molecule has 1 unspecified atom stereocenters. The maximum absolute atomic E-state index is 11.8. The molecule has 1 aromatic carbocycles. The SMILES string of the molecule is C/C=C/C(=O)OC(C)C(=O)c1ccccc1. The highest BCUT2D eigenvalue weighted by Crippen LogP contribution is 2.06. The molecular weight excluding hydrogens is 204 g/mol. The Morgan fingerprint density at radius 2 is 1.88 bits per heavy atom. The average molecular weight is 218 g/mol. The number of Topliss-reactive ketones (excluding diaryl/α,β-unsaturated/α-hetero) is 1. The van der Waals surface area contributed by atoms with Crippen LogP contribution >= 0.6 is 0 Å². The third kappa shape index (κ3) is 3.35. The third-order valence-corrected chi connectivity index (χ3v) is 2.02. The Labute approximate surface area is 94.7 Å². The Bertz CT molecular complexity index is 393. The first kappa shape index (κ1) is 12.2. The molecule has 0 bridgehead atoms. The van der Waals surface area contributed by atoms with E-state index in [9.17, 15) is 9.59 Å². The number of allylic oxidation sites excluding steroid dienone is 1. The van der Waals surface area contributed by atoms with Gasteiger partial charge in [0.1, 0.15) is 0 Å². The number of carbonyl (C=O) groups excluding carboxylic acids is 2. The van der Waals surface area contributed by atoms with E-state index >= 15 is 0 Å². The van der Waals surface area contributed by atoms with E-state index in [0.717, 1.165) is 0 Å². The zero-order chi connectivity index (χ0) is 12.0. The van der Waals surface area contributed by atoms with E-state index in [1.165, 1.54) is 6.08 Å². The van der Waals surface area contributed by atoms with Crippen LogP contribution in [0.3, 0.4) is 0 Å². The first-order chi connectivity index (χ1) is 7.65. The smallest absolute Gasteiger partial charge is 0.331 e. The van der Waals surface area contributed by atoms with Crippen LogP contribution in [0.5, 0.6) is 0 Å². The number of hydrogen-bond acceptors (Lipinski definition) is 3. The summed E-state index contributed by atoms with van der Waals surface area (Å²) in [7, 11) is 0. The van der Waals surface area contributed by atoms with Crippen LogP contribution in [0.2, 0.25) is 0 Å². The summed E-state index contributed by atoms with van der Waals surface area (Å²) in [6, 6.07) is 8.76. The maximum Gasteiger partial charge on any atom is 0.331 e. The molecule has 84 valence electrons. The van der Waals surface area contributed by atoms with E-state index < -0.39 is 12.1 Å². The highest BCUT2D eigenvalue weighted by molar-refractivity contribution is 6.00. The summed E-state index contributed by atoms with van der Waals surface area (Å²) in [5.74, 6) is -0.697. The quantitative estimate of drug-likeness (QED) is 0.442. The van der Waals surface area contributed by atoms with Crippen molar-refractivity contribution in [1.29, 1.82) is 0 Å². The second-order valence-corrected chi connectivity index (χ2v) is 3.31. The van der Waals surface area contributed by atoms with E-state index in [-0.39, 0.29) is 5.78 Å². The van der Waals surface area contributed by atoms with E-state index in [4.69, 9.17) is 4.74 Å². The van der Waals surface area contributed by atoms with Crippen molar-refractivity contribution in [3.05, 3.63) is 48.0 Å². The zero-order valence-electron chi connectivity index (χ0n) is 9.34. The topological polar surface area (TPSA) is 43.4 Å². The molecule has 1 atom stereocenters. The van der Waals surface area contributed by atoms with Crippen molar-refractivity contribution < 1.29 is 14.3 Å². The van der Waals surface area contributed by atoms with Crippen LogP contribution in [-0.4, -0.2) is 17.9 Å². The predicted octanol–water partition coefficient (Wildman–Crippen LogP) is 2.38. The van der Waals surface area contributed by atoms with Gasteiger partial charge in [0.15, 0.2) is 6.10 Å². The summed E-state index contributed by atoms with van der Waals surface area (Å²) in [4.78, 5) is 22.9. The summed E-state index contributed by atoms with van der Waals surface area (Å²) in [5.41, 5.74) is 0.545. The molecule has 0 aromatic heterocycles. The summed E-state index contributed by atoms with van der Waals surface area (Å²) in [6.45, 7) is 3.28. The lowest BCUT2D eigenvalue weighted by Gasteiger charge is -2.10. The molecule has 1 aromatic rings. The largest absolute Gasteiger partial charge is 0.451 e. The van der Waals surface area contributed by atoms with Crippen LogP contribution in [0.4, 0.5) is 0 Å². The Balaban J connectivity index is 2.65. The van der Waals surface area contributed by atoms with Crippen molar-refractivity contribution in [2.45, 2.75) is 20.0 Å². The van der Waals surface area contributed by atoms with Crippen LogP contribution in [-0.2, 0) is 9.53 Å². The molecule has 0 saturated carbocycles. The molecule has 16 heavy (non-hydrogen) atoms. The molecule has 0 heterocycles. The fourth-order valence-electron chi connectivity index (χ4n) is 1.24. The summed E-state index contributed by atoms with van der Waals surface area (Å²) < 4.78 is 4.93. The molecule has 0 amide bonds. The van der Waals surface area contributed by atoms with Crippen molar-refractivity contribution in [2.24, 2.45) is 0 Å². The van der Waals surface area contributed by atoms with Crippen LogP contribution in [0, 0.1) is 0 Å². The molecule has 0 saturated heterocycles. The standard InChI is InChI=1S/C13H14O3/c1-3-7-12(14)16-10(2)13(15)11-8-5-4-6-9-11/h3-10H,1-2H3/b7-3+. The molecule has 0 fully saturated rings. The minimum atomic E-state index is -0.758. The van der Waals surface area contributed by atoms with E-state index in [1.807, 2.05) is 6.07 Å². The lowest BCUT2D eigenvalue weighted by molar-refractivity contribution is -0.140. The molecule has 0 radical (unpaired) electrons. The van der Waals surface area contributed by atoms with Gasteiger partial charge in [-0.15, -0.1) is 0 Å². The van der Waals surface area contributed by atoms with Gasteiger partial charge in [-0.25, -0.2) is 4.79 Å². The number of esters is 1. The maximum atomic E-state index is 11.8. The molecule has 3 nitrogen and oxygen atoms in total. The van der Waals surface area contributed by atoms with E-state index in [2.05, 4.69) is 0 Å². The van der Waals surface area contributed by atoms with Crippen LogP contribution < -0.4 is 0 Å². The van der Waals surface area contributed by atoms with Gasteiger partial charge in [0.25, 0.3) is 0 Å². The Morgan fingerprint density at radius 1 is 1.25 bits per heavy atom. The molecule has 0 spiro atoms. The lowest BCUT2D eigenvalue weighted by atomic mass is 10.1. The van der Waals surface area contributed by atoms with Gasteiger partial charge in [0.2, 0.25) is 5.78 Å². The van der Waals surface area contributed by atoms with Gasteiger partial charge in [0, 0.05) is 11.6 Å². The van der Waals surface area contributed by atoms with Crippen molar-refractivity contribution in [2.75, 3.05) is 0 Å². The monoisotopic (exact) mass is 218 g/mol. The Hall–Kier alpha value is -1.90. The second-order valence-electron chi connectivity index (χ2n) is 3.31. The molecule has 0 aliphatic carbocycles. The molecule has 0 aliphatic heterocycles. The van der Waals surface area contributed by atoms with Crippen LogP contribution in [0.1, 0.15) is 24.2 Å². The van der Waals surface area contributed by atoms with Crippen molar-refractivity contribution in [3.63, 3.8) is 0 Å². The van der Waals surface area contributed by atoms with Crippen LogP contribution in [0.15, 0.2) is 42.5 Å². The van der Waals surface area contributed by atoms with Gasteiger partial charge < -0.3 is 4.74 Å². The molecule has 0 N–H and O–H groups in total. The van der Waals surface area contributed by atoms with E-state index in [1.54, 1.807) is 44.2 Å². The van der Waals surface area contributed by atoms with Crippen molar-refractivity contribution >= 4 is 11.8 Å². The predicted molar refractivity (Wildman–Crippen MR) is 61.1 cm³/mol. The number of hydrogen-bond donors (Lipinski definition) is 0. The summed E-state index contributed by atoms with van der Waals surface area (Å²) in [5, 5.41) is 0. The van der Waals surface area contributed by atoms with Gasteiger partial charge in [-0.05, 0) is 13.8 Å². The number of ether oxygens (including phenoxy) is 1. The number of rotatable bonds is 4. The van der Waals surface area contributed by atoms with Crippen molar-refractivity contribution in [1.82, 2.24) is 0 Å². The molecule has 0 aliphatic rings. The van der Waals surface area contributed by atoms with Gasteiger partial charge in [-0.3, -0.25) is 4.79 Å². The lowest BCUT2D eigenvalue weighted by Crippen LogP contribution is -2.23. The highest BCUT2D eigenvalue weighted by atomic mass is 16.5. The van der Waals surface area contributed by atoms with Crippen LogP contribution in [0.25, 0.3) is 0 Å². The van der Waals surface area contributed by atoms with Gasteiger partial charge in [-0.1, -0.05) is 36.4 Å². The number of ketones is 1. The fourth-order valence-corrected chi connectivity index (χ4v) is 1.24. The normalized spacial score (nSPS) is 12.4. The molecule has 1 rings (SSSR count). The Morgan fingerprint density at radius 3 is 2.44 bits per heavy atom. The zero-order valence-corrected chi connectivity index (χ0v) is 9.34. The molecular formula is C13H14O3. The first-order valence-electron chi connectivity index (χ1n) is 5.07. The van der Waals surface area contributed by atoms with E-state index in [0.29, 0.717) is 5.56 Å².